The highest BCUT2D eigenvalue weighted by Gasteiger charge is 2.12. The molecule has 0 saturated heterocycles. The molecule has 0 atom stereocenters. The maximum absolute atomic E-state index is 13.8. The Hall–Kier alpha value is -2.75. The molecule has 0 aliphatic rings. The van der Waals surface area contributed by atoms with Crippen molar-refractivity contribution >= 4 is 22.4 Å². The summed E-state index contributed by atoms with van der Waals surface area (Å²) in [6, 6.07) is 11.6. The number of rotatable bonds is 2. The molecule has 1 amide bonds. The highest BCUT2D eigenvalue weighted by Crippen LogP contribution is 2.22. The van der Waals surface area contributed by atoms with E-state index in [0.29, 0.717) is 22.0 Å². The molecule has 1 N–H and O–H groups in total. The molecule has 21 heavy (non-hydrogen) atoms. The van der Waals surface area contributed by atoms with Gasteiger partial charge < -0.3 is 5.32 Å². The lowest BCUT2D eigenvalue weighted by molar-refractivity contribution is 0.102. The summed E-state index contributed by atoms with van der Waals surface area (Å²) >= 11 is 0. The van der Waals surface area contributed by atoms with Crippen LogP contribution < -0.4 is 5.32 Å². The van der Waals surface area contributed by atoms with Gasteiger partial charge in [-0.1, -0.05) is 24.3 Å². The number of aromatic nitrogens is 1. The lowest BCUT2D eigenvalue weighted by atomic mass is 10.0. The molecule has 104 valence electrons. The first kappa shape index (κ1) is 13.2. The van der Waals surface area contributed by atoms with E-state index in [1.807, 2.05) is 13.0 Å². The fraction of sp³-hybridized carbons (Fsp3) is 0.0588. The van der Waals surface area contributed by atoms with Crippen molar-refractivity contribution in [2.24, 2.45) is 0 Å². The molecule has 3 rings (SSSR count). The molecular weight excluding hydrogens is 267 g/mol. The van der Waals surface area contributed by atoms with Gasteiger partial charge >= 0.3 is 0 Å². The van der Waals surface area contributed by atoms with Gasteiger partial charge in [0.05, 0.1) is 11.9 Å². The predicted octanol–water partition coefficient (Wildman–Crippen LogP) is 3.93. The maximum Gasteiger partial charge on any atom is 0.256 e. The van der Waals surface area contributed by atoms with Gasteiger partial charge in [0.25, 0.3) is 5.91 Å². The monoisotopic (exact) mass is 280 g/mol. The number of nitrogens with zero attached hydrogens (tertiary/aromatic N) is 1. The van der Waals surface area contributed by atoms with Crippen LogP contribution >= 0.6 is 0 Å². The summed E-state index contributed by atoms with van der Waals surface area (Å²) in [4.78, 5) is 16.4. The van der Waals surface area contributed by atoms with E-state index in [2.05, 4.69) is 10.3 Å². The molecule has 0 fully saturated rings. The van der Waals surface area contributed by atoms with Crippen molar-refractivity contribution in [1.29, 1.82) is 0 Å². The Morgan fingerprint density at radius 3 is 2.62 bits per heavy atom. The summed E-state index contributed by atoms with van der Waals surface area (Å²) in [6.07, 6.45) is 3.29. The molecule has 0 spiro atoms. The normalized spacial score (nSPS) is 10.6. The van der Waals surface area contributed by atoms with Gasteiger partial charge in [-0.2, -0.15) is 0 Å². The number of halogens is 1. The van der Waals surface area contributed by atoms with Crippen LogP contribution in [0.4, 0.5) is 10.1 Å². The molecule has 0 bridgehead atoms. The molecule has 0 radical (unpaired) electrons. The van der Waals surface area contributed by atoms with E-state index in [0.717, 1.165) is 5.56 Å². The van der Waals surface area contributed by atoms with Gasteiger partial charge in [-0.25, -0.2) is 4.39 Å². The minimum atomic E-state index is -0.334. The van der Waals surface area contributed by atoms with Gasteiger partial charge in [-0.05, 0) is 36.1 Å². The second-order valence-electron chi connectivity index (χ2n) is 4.85. The van der Waals surface area contributed by atoms with Crippen molar-refractivity contribution in [3.8, 4) is 0 Å². The van der Waals surface area contributed by atoms with E-state index in [-0.39, 0.29) is 11.7 Å². The number of amides is 1. The minimum Gasteiger partial charge on any atom is -0.321 e. The number of benzene rings is 2. The zero-order chi connectivity index (χ0) is 14.8. The average molecular weight is 280 g/mol. The van der Waals surface area contributed by atoms with E-state index in [4.69, 9.17) is 0 Å². The van der Waals surface area contributed by atoms with Crippen molar-refractivity contribution in [1.82, 2.24) is 4.98 Å². The zero-order valence-electron chi connectivity index (χ0n) is 11.4. The Labute approximate surface area is 121 Å². The lowest BCUT2D eigenvalue weighted by Gasteiger charge is -2.09. The highest BCUT2D eigenvalue weighted by molar-refractivity contribution is 6.12. The number of hydrogen-bond donors (Lipinski definition) is 1. The molecule has 3 aromatic rings. The predicted molar refractivity (Wildman–Crippen MR) is 80.8 cm³/mol. The molecule has 0 unspecified atom stereocenters. The Bertz CT molecular complexity index is 830. The SMILES string of the molecule is Cc1cncc(NC(=O)c2ccc(F)c3ccccc23)c1. The van der Waals surface area contributed by atoms with Gasteiger partial charge in [-0.3, -0.25) is 9.78 Å². The van der Waals surface area contributed by atoms with Crippen LogP contribution in [0.1, 0.15) is 15.9 Å². The first-order chi connectivity index (χ1) is 10.1. The van der Waals surface area contributed by atoms with E-state index in [1.54, 1.807) is 36.7 Å². The Morgan fingerprint density at radius 1 is 1.10 bits per heavy atom. The number of carbonyl (C=O) groups excluding carboxylic acids is 1. The van der Waals surface area contributed by atoms with E-state index >= 15 is 0 Å². The van der Waals surface area contributed by atoms with Crippen LogP contribution in [-0.4, -0.2) is 10.9 Å². The number of fused-ring (bicyclic) bond motifs is 1. The minimum absolute atomic E-state index is 0.279. The third kappa shape index (κ3) is 2.60. The second-order valence-corrected chi connectivity index (χ2v) is 4.85. The Morgan fingerprint density at radius 2 is 1.86 bits per heavy atom. The average Bonchev–Trinajstić information content (AvgIpc) is 2.48. The smallest absolute Gasteiger partial charge is 0.256 e. The summed E-state index contributed by atoms with van der Waals surface area (Å²) in [5.41, 5.74) is 2.01. The number of anilines is 1. The van der Waals surface area contributed by atoms with Gasteiger partial charge in [0.15, 0.2) is 0 Å². The van der Waals surface area contributed by atoms with Crippen LogP contribution in [0.5, 0.6) is 0 Å². The largest absolute Gasteiger partial charge is 0.321 e. The standard InChI is InChI=1S/C17H13FN2O/c1-11-8-12(10-19-9-11)20-17(21)15-6-7-16(18)14-5-3-2-4-13(14)15/h2-10H,1H3,(H,20,21). The summed E-state index contributed by atoms with van der Waals surface area (Å²) in [5, 5.41) is 3.82. The third-order valence-electron chi connectivity index (χ3n) is 3.25. The second kappa shape index (κ2) is 5.32. The maximum atomic E-state index is 13.8. The number of pyridine rings is 1. The lowest BCUT2D eigenvalue weighted by Crippen LogP contribution is -2.13. The van der Waals surface area contributed by atoms with Crippen LogP contribution in [-0.2, 0) is 0 Å². The molecule has 0 saturated carbocycles. The topological polar surface area (TPSA) is 42.0 Å². The first-order valence-corrected chi connectivity index (χ1v) is 6.55. The van der Waals surface area contributed by atoms with Crippen molar-refractivity contribution in [3.05, 3.63) is 71.8 Å². The van der Waals surface area contributed by atoms with Crippen molar-refractivity contribution in [2.45, 2.75) is 6.92 Å². The summed E-state index contributed by atoms with van der Waals surface area (Å²) in [5.74, 6) is -0.613. The first-order valence-electron chi connectivity index (χ1n) is 6.55. The summed E-state index contributed by atoms with van der Waals surface area (Å²) in [7, 11) is 0. The highest BCUT2D eigenvalue weighted by atomic mass is 19.1. The fourth-order valence-electron chi connectivity index (χ4n) is 2.28. The van der Waals surface area contributed by atoms with Gasteiger partial charge in [0, 0.05) is 17.1 Å². The molecule has 0 aliphatic heterocycles. The molecule has 4 heteroatoms. The number of carbonyl (C=O) groups is 1. The van der Waals surface area contributed by atoms with Crippen LogP contribution in [0.2, 0.25) is 0 Å². The van der Waals surface area contributed by atoms with E-state index in [1.165, 1.54) is 12.1 Å². The van der Waals surface area contributed by atoms with Crippen molar-refractivity contribution in [2.75, 3.05) is 5.32 Å². The summed E-state index contributed by atoms with van der Waals surface area (Å²) in [6.45, 7) is 1.90. The molecule has 2 aromatic carbocycles. The molecular formula is C17H13FN2O. The van der Waals surface area contributed by atoms with Crippen LogP contribution in [0.25, 0.3) is 10.8 Å². The van der Waals surface area contributed by atoms with Crippen LogP contribution in [0, 0.1) is 12.7 Å². The van der Waals surface area contributed by atoms with Gasteiger partial charge in [0.2, 0.25) is 0 Å². The molecule has 1 aromatic heterocycles. The number of aryl methyl sites for hydroxylation is 1. The van der Waals surface area contributed by atoms with Crippen LogP contribution in [0.3, 0.4) is 0 Å². The number of nitrogens with one attached hydrogen (secondary N) is 1. The van der Waals surface area contributed by atoms with E-state index in [9.17, 15) is 9.18 Å². The van der Waals surface area contributed by atoms with E-state index < -0.39 is 0 Å². The number of hydrogen-bond acceptors (Lipinski definition) is 2. The third-order valence-corrected chi connectivity index (χ3v) is 3.25. The van der Waals surface area contributed by atoms with Crippen LogP contribution in [0.15, 0.2) is 54.9 Å². The zero-order valence-corrected chi connectivity index (χ0v) is 11.4. The van der Waals surface area contributed by atoms with Gasteiger partial charge in [-0.15, -0.1) is 0 Å². The summed E-state index contributed by atoms with van der Waals surface area (Å²) < 4.78 is 13.8. The Balaban J connectivity index is 2.01. The molecule has 3 nitrogen and oxygen atoms in total. The fourth-order valence-corrected chi connectivity index (χ4v) is 2.28. The Kier molecular flexibility index (Phi) is 3.36. The molecule has 1 heterocycles. The molecule has 0 aliphatic carbocycles. The van der Waals surface area contributed by atoms with Crippen molar-refractivity contribution in [3.63, 3.8) is 0 Å². The van der Waals surface area contributed by atoms with Crippen molar-refractivity contribution < 1.29 is 9.18 Å². The quantitative estimate of drug-likeness (QED) is 0.772. The van der Waals surface area contributed by atoms with Gasteiger partial charge in [0.1, 0.15) is 5.82 Å².